The maximum Gasteiger partial charge on any atom is 0.243 e. The van der Waals surface area contributed by atoms with Gasteiger partial charge in [0.05, 0.1) is 24.1 Å². The highest BCUT2D eigenvalue weighted by Crippen LogP contribution is 2.23. The molecule has 1 amide bonds. The topological polar surface area (TPSA) is 106 Å². The van der Waals surface area contributed by atoms with E-state index in [9.17, 15) is 13.2 Å². The zero-order valence-electron chi connectivity index (χ0n) is 17.3. The fraction of sp³-hybridized carbons (Fsp3) is 0.381. The molecule has 0 radical (unpaired) electrons. The summed E-state index contributed by atoms with van der Waals surface area (Å²) in [4.78, 5) is 12.4. The first kappa shape index (κ1) is 21.3. The van der Waals surface area contributed by atoms with Crippen LogP contribution in [0.5, 0.6) is 5.75 Å². The molecule has 4 rings (SSSR count). The summed E-state index contributed by atoms with van der Waals surface area (Å²) in [6.07, 6.45) is 2.01. The highest BCUT2D eigenvalue weighted by atomic mass is 32.2. The Hall–Kier alpha value is -2.98. The molecular formula is C21H25N5O4S. The van der Waals surface area contributed by atoms with Crippen LogP contribution < -0.4 is 10.1 Å². The lowest BCUT2D eigenvalue weighted by atomic mass is 10.2. The quantitative estimate of drug-likeness (QED) is 0.570. The number of ether oxygens (including phenoxy) is 1. The van der Waals surface area contributed by atoms with Crippen molar-refractivity contribution in [3.63, 3.8) is 0 Å². The van der Waals surface area contributed by atoms with Crippen LogP contribution in [-0.2, 0) is 27.9 Å². The summed E-state index contributed by atoms with van der Waals surface area (Å²) >= 11 is 0. The van der Waals surface area contributed by atoms with Gasteiger partial charge in [-0.1, -0.05) is 17.3 Å². The molecule has 0 saturated carbocycles. The number of sulfonamides is 1. The zero-order valence-corrected chi connectivity index (χ0v) is 18.1. The Bertz CT molecular complexity index is 1170. The Labute approximate surface area is 181 Å². The van der Waals surface area contributed by atoms with E-state index in [1.165, 1.54) is 4.31 Å². The molecule has 10 heteroatoms. The van der Waals surface area contributed by atoms with Crippen LogP contribution in [-0.4, -0.2) is 53.8 Å². The third kappa shape index (κ3) is 4.70. The third-order valence-corrected chi connectivity index (χ3v) is 7.28. The van der Waals surface area contributed by atoms with E-state index in [-0.39, 0.29) is 17.2 Å². The van der Waals surface area contributed by atoms with E-state index in [0.717, 1.165) is 24.2 Å². The molecule has 1 fully saturated rings. The first-order chi connectivity index (χ1) is 15.0. The SMILES string of the molecule is COc1ccc(CNC(=O)CCn2nnc3cc(S(=O)(=O)N4CCCC4)ccc32)cc1. The molecule has 31 heavy (non-hydrogen) atoms. The predicted octanol–water partition coefficient (Wildman–Crippen LogP) is 1.93. The molecule has 1 N–H and O–H groups in total. The summed E-state index contributed by atoms with van der Waals surface area (Å²) in [7, 11) is -1.89. The number of hydrogen-bond acceptors (Lipinski definition) is 6. The molecule has 1 aromatic heterocycles. The van der Waals surface area contributed by atoms with Crippen LogP contribution in [0.1, 0.15) is 24.8 Å². The monoisotopic (exact) mass is 443 g/mol. The van der Waals surface area contributed by atoms with Crippen molar-refractivity contribution in [1.29, 1.82) is 0 Å². The number of aryl methyl sites for hydroxylation is 1. The molecule has 0 unspecified atom stereocenters. The fourth-order valence-electron chi connectivity index (χ4n) is 3.59. The average Bonchev–Trinajstić information content (AvgIpc) is 3.47. The number of rotatable bonds is 8. The number of nitrogens with one attached hydrogen (secondary N) is 1. The van der Waals surface area contributed by atoms with Crippen LogP contribution in [0, 0.1) is 0 Å². The maximum atomic E-state index is 12.7. The van der Waals surface area contributed by atoms with Gasteiger partial charge in [-0.25, -0.2) is 13.1 Å². The summed E-state index contributed by atoms with van der Waals surface area (Å²) in [6.45, 7) is 1.89. The van der Waals surface area contributed by atoms with E-state index in [1.54, 1.807) is 30.0 Å². The number of methoxy groups -OCH3 is 1. The first-order valence-electron chi connectivity index (χ1n) is 10.2. The Balaban J connectivity index is 1.37. The van der Waals surface area contributed by atoms with Gasteiger partial charge >= 0.3 is 0 Å². The molecule has 1 aliphatic rings. The second kappa shape index (κ2) is 9.03. The van der Waals surface area contributed by atoms with E-state index in [0.29, 0.717) is 37.2 Å². The van der Waals surface area contributed by atoms with E-state index < -0.39 is 10.0 Å². The average molecular weight is 444 g/mol. The van der Waals surface area contributed by atoms with E-state index in [4.69, 9.17) is 4.74 Å². The number of hydrogen-bond donors (Lipinski definition) is 1. The van der Waals surface area contributed by atoms with Crippen LogP contribution in [0.3, 0.4) is 0 Å². The van der Waals surface area contributed by atoms with Gasteiger partial charge in [0.1, 0.15) is 11.3 Å². The number of aromatic nitrogens is 3. The van der Waals surface area contributed by atoms with E-state index in [1.807, 2.05) is 24.3 Å². The second-order valence-electron chi connectivity index (χ2n) is 7.45. The fourth-order valence-corrected chi connectivity index (χ4v) is 5.13. The largest absolute Gasteiger partial charge is 0.497 e. The van der Waals surface area contributed by atoms with Crippen molar-refractivity contribution in [2.75, 3.05) is 20.2 Å². The van der Waals surface area contributed by atoms with Gasteiger partial charge in [0.15, 0.2) is 0 Å². The summed E-state index contributed by atoms with van der Waals surface area (Å²) in [5, 5.41) is 11.1. The van der Waals surface area contributed by atoms with Crippen LogP contribution in [0.25, 0.3) is 11.0 Å². The minimum atomic E-state index is -3.50. The highest BCUT2D eigenvalue weighted by Gasteiger charge is 2.27. The Kier molecular flexibility index (Phi) is 6.19. The van der Waals surface area contributed by atoms with Crippen molar-refractivity contribution >= 4 is 27.0 Å². The molecule has 1 saturated heterocycles. The van der Waals surface area contributed by atoms with Crippen LogP contribution in [0.15, 0.2) is 47.4 Å². The first-order valence-corrected chi connectivity index (χ1v) is 11.6. The molecule has 0 bridgehead atoms. The van der Waals surface area contributed by atoms with Gasteiger partial charge in [0.2, 0.25) is 15.9 Å². The minimum absolute atomic E-state index is 0.104. The number of carbonyl (C=O) groups is 1. The smallest absolute Gasteiger partial charge is 0.243 e. The molecule has 0 spiro atoms. The van der Waals surface area contributed by atoms with Gasteiger partial charge < -0.3 is 10.1 Å². The van der Waals surface area contributed by atoms with Gasteiger partial charge in [-0.2, -0.15) is 4.31 Å². The van der Waals surface area contributed by atoms with E-state index in [2.05, 4.69) is 15.6 Å². The maximum absolute atomic E-state index is 12.7. The van der Waals surface area contributed by atoms with Crippen molar-refractivity contribution in [1.82, 2.24) is 24.6 Å². The number of amides is 1. The van der Waals surface area contributed by atoms with E-state index >= 15 is 0 Å². The Morgan fingerprint density at radius 2 is 1.87 bits per heavy atom. The number of carbonyl (C=O) groups excluding carboxylic acids is 1. The predicted molar refractivity (Wildman–Crippen MR) is 115 cm³/mol. The molecular weight excluding hydrogens is 418 g/mol. The lowest BCUT2D eigenvalue weighted by Gasteiger charge is -2.15. The summed E-state index contributed by atoms with van der Waals surface area (Å²) in [5.74, 6) is 0.664. The number of nitrogens with zero attached hydrogens (tertiary/aromatic N) is 4. The van der Waals surface area contributed by atoms with Crippen LogP contribution in [0.2, 0.25) is 0 Å². The highest BCUT2D eigenvalue weighted by molar-refractivity contribution is 7.89. The molecule has 0 atom stereocenters. The standard InChI is InChI=1S/C21H25N5O4S/c1-30-17-6-4-16(5-7-17)15-22-21(27)10-13-26-20-9-8-18(14-19(20)23-24-26)31(28,29)25-11-2-3-12-25/h4-9,14H,2-3,10-13,15H2,1H3,(H,22,27). The molecule has 2 heterocycles. The second-order valence-corrected chi connectivity index (χ2v) is 9.39. The summed E-state index contributed by atoms with van der Waals surface area (Å²) in [6, 6.07) is 12.3. The molecule has 1 aliphatic heterocycles. The lowest BCUT2D eigenvalue weighted by molar-refractivity contribution is -0.121. The van der Waals surface area contributed by atoms with Crippen molar-refractivity contribution in [2.45, 2.75) is 37.2 Å². The van der Waals surface area contributed by atoms with Crippen molar-refractivity contribution < 1.29 is 17.9 Å². The molecule has 9 nitrogen and oxygen atoms in total. The number of fused-ring (bicyclic) bond motifs is 1. The normalized spacial score (nSPS) is 14.7. The van der Waals surface area contributed by atoms with Crippen LogP contribution >= 0.6 is 0 Å². The lowest BCUT2D eigenvalue weighted by Crippen LogP contribution is -2.27. The summed E-state index contributed by atoms with van der Waals surface area (Å²) < 4.78 is 33.7. The zero-order chi connectivity index (χ0) is 21.8. The van der Waals surface area contributed by atoms with Crippen molar-refractivity contribution in [3.05, 3.63) is 48.0 Å². The van der Waals surface area contributed by atoms with Gasteiger partial charge in [-0.15, -0.1) is 5.10 Å². The van der Waals surface area contributed by atoms with Crippen molar-refractivity contribution in [2.24, 2.45) is 0 Å². The van der Waals surface area contributed by atoms with Gasteiger partial charge in [0, 0.05) is 26.1 Å². The van der Waals surface area contributed by atoms with Crippen LogP contribution in [0.4, 0.5) is 0 Å². The third-order valence-electron chi connectivity index (χ3n) is 5.39. The Morgan fingerprint density at radius 3 is 2.58 bits per heavy atom. The number of benzene rings is 2. The molecule has 164 valence electrons. The minimum Gasteiger partial charge on any atom is -0.497 e. The molecule has 0 aliphatic carbocycles. The summed E-state index contributed by atoms with van der Waals surface area (Å²) in [5.41, 5.74) is 2.18. The van der Waals surface area contributed by atoms with Gasteiger partial charge in [-0.05, 0) is 48.7 Å². The van der Waals surface area contributed by atoms with Crippen molar-refractivity contribution in [3.8, 4) is 5.75 Å². The van der Waals surface area contributed by atoms with Gasteiger partial charge in [-0.3, -0.25) is 4.79 Å². The molecule has 2 aromatic carbocycles. The van der Waals surface area contributed by atoms with Gasteiger partial charge in [0.25, 0.3) is 0 Å². The molecule has 3 aromatic rings. The Morgan fingerprint density at radius 1 is 1.13 bits per heavy atom.